The number of nitrogens with one attached hydrogen (secondary N) is 2. The number of carbonyl (C=O) groups excluding carboxylic acids is 1. The van der Waals surface area contributed by atoms with Crippen LogP contribution in [0.15, 0.2) is 54.1 Å². The van der Waals surface area contributed by atoms with E-state index >= 15 is 0 Å². The third-order valence-electron chi connectivity index (χ3n) is 5.41. The highest BCUT2D eigenvalue weighted by Crippen LogP contribution is 2.21. The monoisotopic (exact) mass is 432 g/mol. The van der Waals surface area contributed by atoms with Crippen molar-refractivity contribution in [2.45, 2.75) is 46.6 Å². The molecule has 1 aromatic carbocycles. The molecule has 0 bridgehead atoms. The molecule has 3 rings (SSSR count). The largest absolute Gasteiger partial charge is 0.388 e. The minimum Gasteiger partial charge on any atom is -0.388 e. The number of piperidine rings is 1. The lowest BCUT2D eigenvalue weighted by Gasteiger charge is -2.38. The van der Waals surface area contributed by atoms with Crippen LogP contribution in [-0.2, 0) is 0 Å². The highest BCUT2D eigenvalue weighted by Gasteiger charge is 2.27. The van der Waals surface area contributed by atoms with Crippen molar-refractivity contribution < 1.29 is 4.79 Å². The molecule has 1 aliphatic carbocycles. The van der Waals surface area contributed by atoms with Gasteiger partial charge in [0.25, 0.3) is 0 Å². The van der Waals surface area contributed by atoms with Gasteiger partial charge < -0.3 is 15.5 Å². The fourth-order valence-corrected chi connectivity index (χ4v) is 3.88. The van der Waals surface area contributed by atoms with E-state index in [2.05, 4.69) is 52.7 Å². The second kappa shape index (κ2) is 13.4. The molecule has 2 aliphatic rings. The molecule has 5 nitrogen and oxygen atoms in total. The van der Waals surface area contributed by atoms with Gasteiger partial charge in [0, 0.05) is 67.9 Å². The second-order valence-corrected chi connectivity index (χ2v) is 7.49. The van der Waals surface area contributed by atoms with Gasteiger partial charge in [-0.05, 0) is 50.5 Å². The smallest absolute Gasteiger partial charge is 0.322 e. The van der Waals surface area contributed by atoms with Crippen molar-refractivity contribution in [3.63, 3.8) is 0 Å². The maximum atomic E-state index is 12.9. The Morgan fingerprint density at radius 1 is 1.19 bits per heavy atom. The first kappa shape index (κ1) is 25.3. The molecule has 0 unspecified atom stereocenters. The normalized spacial score (nSPS) is 15.4. The Morgan fingerprint density at radius 3 is 2.44 bits per heavy atom. The van der Waals surface area contributed by atoms with Crippen molar-refractivity contribution >= 4 is 17.3 Å². The summed E-state index contributed by atoms with van der Waals surface area (Å²) in [4.78, 5) is 17.3. The molecule has 2 amide bonds. The van der Waals surface area contributed by atoms with Crippen molar-refractivity contribution in [3.8, 4) is 0 Å². The van der Waals surface area contributed by atoms with Crippen LogP contribution in [0.5, 0.6) is 0 Å². The molecular formula is C27H36N4O. The van der Waals surface area contributed by atoms with Gasteiger partial charge in [-0.3, -0.25) is 4.90 Å². The van der Waals surface area contributed by atoms with E-state index in [0.717, 1.165) is 61.5 Å². The average Bonchev–Trinajstić information content (AvgIpc) is 2.83. The minimum atomic E-state index is -0.0403. The number of allylic oxidation sites excluding steroid dienone is 4. The van der Waals surface area contributed by atoms with E-state index in [1.165, 1.54) is 0 Å². The van der Waals surface area contributed by atoms with Crippen molar-refractivity contribution in [2.24, 2.45) is 0 Å². The number of carbonyl (C=O) groups is 1. The molecule has 1 heterocycles. The van der Waals surface area contributed by atoms with Crippen LogP contribution in [0.1, 0.15) is 46.1 Å². The van der Waals surface area contributed by atoms with Crippen LogP contribution in [-0.4, -0.2) is 54.6 Å². The zero-order valence-electron chi connectivity index (χ0n) is 19.9. The number of hydrogen-bond donors (Lipinski definition) is 2. The fraction of sp³-hybridized carbons (Fsp3) is 0.444. The van der Waals surface area contributed by atoms with Gasteiger partial charge in [-0.15, -0.1) is 0 Å². The van der Waals surface area contributed by atoms with Crippen LogP contribution in [0.25, 0.3) is 5.57 Å². The summed E-state index contributed by atoms with van der Waals surface area (Å²) in [6, 6.07) is 7.96. The first-order chi connectivity index (χ1) is 15.6. The van der Waals surface area contributed by atoms with E-state index in [-0.39, 0.29) is 12.1 Å². The van der Waals surface area contributed by atoms with E-state index < -0.39 is 0 Å². The van der Waals surface area contributed by atoms with Crippen LogP contribution >= 0.6 is 0 Å². The van der Waals surface area contributed by atoms with Crippen molar-refractivity contribution in [2.75, 3.05) is 38.0 Å². The van der Waals surface area contributed by atoms with E-state index in [4.69, 9.17) is 0 Å². The zero-order chi connectivity index (χ0) is 23.3. The van der Waals surface area contributed by atoms with Gasteiger partial charge in [0.15, 0.2) is 0 Å². The summed E-state index contributed by atoms with van der Waals surface area (Å²) in [5, 5.41) is 6.32. The quantitative estimate of drug-likeness (QED) is 0.567. The van der Waals surface area contributed by atoms with Gasteiger partial charge in [-0.25, -0.2) is 4.79 Å². The minimum absolute atomic E-state index is 0.0403. The molecule has 1 aliphatic heterocycles. The summed E-state index contributed by atoms with van der Waals surface area (Å²) >= 11 is 0. The lowest BCUT2D eigenvalue weighted by molar-refractivity contribution is 0.134. The number of likely N-dealkylation sites (N-methyl/N-ethyl adjacent to an activating group) is 1. The van der Waals surface area contributed by atoms with Gasteiger partial charge in [0.05, 0.1) is 0 Å². The third kappa shape index (κ3) is 7.32. The standard InChI is InChI=1S/C25H30N4O.C2H6/c1-4-26-20(3)19-28-17-15-24(16-18-28)29(5-2)25(30)27-23-13-11-22(12-14-23)21-9-7-6-8-10-21;1-2/h7,11-14,24,26H,3-5,15-19H2,1-2H3,(H,27,30);1-2H3. The molecule has 32 heavy (non-hydrogen) atoms. The first-order valence-electron chi connectivity index (χ1n) is 11.6. The Morgan fingerprint density at radius 2 is 1.88 bits per heavy atom. The number of likely N-dealkylation sites (tertiary alicyclic amines) is 1. The number of rotatable bonds is 8. The molecule has 0 saturated carbocycles. The lowest BCUT2D eigenvalue weighted by atomic mass is 10.0. The van der Waals surface area contributed by atoms with Crippen LogP contribution in [0.2, 0.25) is 0 Å². The lowest BCUT2D eigenvalue weighted by Crippen LogP contribution is -2.49. The molecule has 1 fully saturated rings. The van der Waals surface area contributed by atoms with Gasteiger partial charge in [0.1, 0.15) is 0 Å². The molecule has 2 radical (unpaired) electrons. The highest BCUT2D eigenvalue weighted by atomic mass is 16.2. The Balaban J connectivity index is 0.00000176. The highest BCUT2D eigenvalue weighted by molar-refractivity contribution is 5.89. The molecule has 2 N–H and O–H groups in total. The molecular weight excluding hydrogens is 396 g/mol. The SMILES string of the molecule is C=C(CN1CCC(N(CC)C(=O)Nc2ccc(C3=[C]C=C=C=[C]3)cc2)CC1)NCC.CC. The predicted octanol–water partition coefficient (Wildman–Crippen LogP) is 5.02. The van der Waals surface area contributed by atoms with Gasteiger partial charge in [0.2, 0.25) is 0 Å². The summed E-state index contributed by atoms with van der Waals surface area (Å²) in [6.07, 6.45) is 9.73. The summed E-state index contributed by atoms with van der Waals surface area (Å²) in [5.41, 5.74) is 9.28. The maximum absolute atomic E-state index is 12.9. The number of amides is 2. The molecule has 5 heteroatoms. The Labute approximate surface area is 193 Å². The van der Waals surface area contributed by atoms with E-state index in [0.29, 0.717) is 6.54 Å². The van der Waals surface area contributed by atoms with Gasteiger partial charge >= 0.3 is 6.03 Å². The first-order valence-corrected chi connectivity index (χ1v) is 11.6. The molecule has 0 atom stereocenters. The van der Waals surface area contributed by atoms with Crippen LogP contribution in [0.3, 0.4) is 0 Å². The molecule has 1 aromatic rings. The fourth-order valence-electron chi connectivity index (χ4n) is 3.88. The molecule has 1 saturated heterocycles. The summed E-state index contributed by atoms with van der Waals surface area (Å²) < 4.78 is 0. The van der Waals surface area contributed by atoms with E-state index in [9.17, 15) is 4.79 Å². The van der Waals surface area contributed by atoms with E-state index in [1.54, 1.807) is 6.08 Å². The number of hydrogen-bond acceptors (Lipinski definition) is 3. The van der Waals surface area contributed by atoms with Crippen LogP contribution in [0, 0.1) is 12.2 Å². The average molecular weight is 433 g/mol. The van der Waals surface area contributed by atoms with Crippen LogP contribution in [0.4, 0.5) is 10.5 Å². The van der Waals surface area contributed by atoms with Gasteiger partial charge in [-0.1, -0.05) is 44.0 Å². The Hall–Kier alpha value is -2.97. The van der Waals surface area contributed by atoms with Crippen molar-refractivity contribution in [1.82, 2.24) is 15.1 Å². The summed E-state index contributed by atoms with van der Waals surface area (Å²) in [7, 11) is 0. The Bertz CT molecular complexity index is 879. The molecule has 170 valence electrons. The van der Waals surface area contributed by atoms with Crippen molar-refractivity contribution in [3.05, 3.63) is 71.8 Å². The number of nitrogens with zero attached hydrogens (tertiary/aromatic N) is 2. The van der Waals surface area contributed by atoms with Crippen LogP contribution < -0.4 is 10.6 Å². The molecule has 0 spiro atoms. The van der Waals surface area contributed by atoms with E-state index in [1.807, 2.05) is 49.9 Å². The molecule has 0 aromatic heterocycles. The van der Waals surface area contributed by atoms with Crippen molar-refractivity contribution in [1.29, 1.82) is 0 Å². The predicted molar refractivity (Wildman–Crippen MR) is 133 cm³/mol. The summed E-state index contributed by atoms with van der Waals surface area (Å²) in [5.74, 6) is 0. The number of urea groups is 1. The topological polar surface area (TPSA) is 47.6 Å². The second-order valence-electron chi connectivity index (χ2n) is 7.49. The number of anilines is 1. The third-order valence-corrected chi connectivity index (χ3v) is 5.41. The Kier molecular flexibility index (Phi) is 10.6. The van der Waals surface area contributed by atoms with Gasteiger partial charge in [-0.2, -0.15) is 0 Å². The zero-order valence-corrected chi connectivity index (χ0v) is 19.9. The summed E-state index contributed by atoms with van der Waals surface area (Å²) in [6.45, 7) is 16.6. The number of benzene rings is 1. The maximum Gasteiger partial charge on any atom is 0.322 e.